The molecule has 4 unspecified atom stereocenters. The SMILES string of the molecule is CC(NC1CC2CCC1C2)c1ccc(Cl)c(F)c1. The molecule has 2 saturated carbocycles. The molecule has 18 heavy (non-hydrogen) atoms. The Balaban J connectivity index is 1.67. The maximum atomic E-state index is 13.4. The van der Waals surface area contributed by atoms with E-state index in [1.54, 1.807) is 12.1 Å². The maximum Gasteiger partial charge on any atom is 0.142 e. The van der Waals surface area contributed by atoms with Gasteiger partial charge in [-0.1, -0.05) is 24.1 Å². The second kappa shape index (κ2) is 4.82. The molecule has 1 N–H and O–H groups in total. The summed E-state index contributed by atoms with van der Waals surface area (Å²) in [6.45, 7) is 2.11. The lowest BCUT2D eigenvalue weighted by Crippen LogP contribution is -2.35. The van der Waals surface area contributed by atoms with Crippen molar-refractivity contribution in [1.29, 1.82) is 0 Å². The molecule has 0 saturated heterocycles. The van der Waals surface area contributed by atoms with Gasteiger partial charge in [-0.25, -0.2) is 4.39 Å². The summed E-state index contributed by atoms with van der Waals surface area (Å²) in [5.41, 5.74) is 0.986. The van der Waals surface area contributed by atoms with Gasteiger partial charge in [-0.15, -0.1) is 0 Å². The fourth-order valence-corrected chi connectivity index (χ4v) is 3.77. The largest absolute Gasteiger partial charge is 0.307 e. The number of fused-ring (bicyclic) bond motifs is 2. The van der Waals surface area contributed by atoms with Crippen molar-refractivity contribution < 1.29 is 4.39 Å². The highest BCUT2D eigenvalue weighted by Crippen LogP contribution is 2.45. The van der Waals surface area contributed by atoms with Crippen molar-refractivity contribution in [3.63, 3.8) is 0 Å². The zero-order valence-electron chi connectivity index (χ0n) is 10.6. The molecule has 0 aliphatic heterocycles. The Bertz CT molecular complexity index is 448. The van der Waals surface area contributed by atoms with Crippen LogP contribution in [-0.2, 0) is 0 Å². The summed E-state index contributed by atoms with van der Waals surface area (Å²) in [5, 5.41) is 3.86. The zero-order valence-corrected chi connectivity index (χ0v) is 11.4. The first kappa shape index (κ1) is 12.4. The minimum Gasteiger partial charge on any atom is -0.307 e. The topological polar surface area (TPSA) is 12.0 Å². The molecule has 3 heteroatoms. The van der Waals surface area contributed by atoms with E-state index in [1.807, 2.05) is 6.07 Å². The molecule has 3 rings (SSSR count). The van der Waals surface area contributed by atoms with Gasteiger partial charge in [-0.3, -0.25) is 0 Å². The van der Waals surface area contributed by atoms with Gasteiger partial charge in [0.25, 0.3) is 0 Å². The summed E-state index contributed by atoms with van der Waals surface area (Å²) >= 11 is 5.71. The molecule has 0 spiro atoms. The van der Waals surface area contributed by atoms with Gasteiger partial charge in [0.2, 0.25) is 0 Å². The van der Waals surface area contributed by atoms with Crippen molar-refractivity contribution in [3.8, 4) is 0 Å². The zero-order chi connectivity index (χ0) is 12.7. The van der Waals surface area contributed by atoms with Gasteiger partial charge in [0, 0.05) is 12.1 Å². The van der Waals surface area contributed by atoms with Gasteiger partial charge in [0.05, 0.1) is 5.02 Å². The monoisotopic (exact) mass is 267 g/mol. The molecular formula is C15H19ClFN. The normalized spacial score (nSPS) is 31.8. The first-order valence-electron chi connectivity index (χ1n) is 6.84. The number of nitrogens with one attached hydrogen (secondary N) is 1. The molecule has 98 valence electrons. The molecule has 2 fully saturated rings. The quantitative estimate of drug-likeness (QED) is 0.860. The van der Waals surface area contributed by atoms with Crippen LogP contribution in [0.1, 0.15) is 44.2 Å². The average Bonchev–Trinajstić information content (AvgIpc) is 2.94. The highest BCUT2D eigenvalue weighted by molar-refractivity contribution is 6.30. The van der Waals surface area contributed by atoms with Crippen molar-refractivity contribution in [2.45, 2.75) is 44.7 Å². The van der Waals surface area contributed by atoms with E-state index in [-0.39, 0.29) is 16.9 Å². The van der Waals surface area contributed by atoms with E-state index in [4.69, 9.17) is 11.6 Å². The molecular weight excluding hydrogens is 249 g/mol. The van der Waals surface area contributed by atoms with Crippen LogP contribution in [0.3, 0.4) is 0 Å². The number of halogens is 2. The van der Waals surface area contributed by atoms with Gasteiger partial charge >= 0.3 is 0 Å². The number of rotatable bonds is 3. The molecule has 1 nitrogen and oxygen atoms in total. The summed E-state index contributed by atoms with van der Waals surface area (Å²) in [4.78, 5) is 0. The third-order valence-electron chi connectivity index (χ3n) is 4.65. The van der Waals surface area contributed by atoms with Crippen LogP contribution in [0.25, 0.3) is 0 Å². The second-order valence-corrected chi connectivity index (χ2v) is 6.25. The summed E-state index contributed by atoms with van der Waals surface area (Å²) < 4.78 is 13.4. The smallest absolute Gasteiger partial charge is 0.142 e. The first-order valence-corrected chi connectivity index (χ1v) is 7.22. The lowest BCUT2D eigenvalue weighted by molar-refractivity contribution is 0.326. The standard InChI is InChI=1S/C15H19ClFN/c1-9(11-4-5-13(16)14(17)8-11)18-15-7-10-2-3-12(15)6-10/h4-5,8-10,12,15,18H,2-3,6-7H2,1H3. The van der Waals surface area contributed by atoms with Crippen molar-refractivity contribution in [3.05, 3.63) is 34.6 Å². The highest BCUT2D eigenvalue weighted by atomic mass is 35.5. The van der Waals surface area contributed by atoms with Gasteiger partial charge in [0.15, 0.2) is 0 Å². The van der Waals surface area contributed by atoms with E-state index in [9.17, 15) is 4.39 Å². The van der Waals surface area contributed by atoms with Crippen molar-refractivity contribution in [2.75, 3.05) is 0 Å². The van der Waals surface area contributed by atoms with Crippen LogP contribution in [0.2, 0.25) is 5.02 Å². The predicted molar refractivity (Wildman–Crippen MR) is 72.2 cm³/mol. The van der Waals surface area contributed by atoms with Crippen LogP contribution in [0.5, 0.6) is 0 Å². The molecule has 0 amide bonds. The summed E-state index contributed by atoms with van der Waals surface area (Å²) in [5.74, 6) is 1.45. The van der Waals surface area contributed by atoms with Gasteiger partial charge in [-0.2, -0.15) is 0 Å². The van der Waals surface area contributed by atoms with E-state index < -0.39 is 0 Å². The van der Waals surface area contributed by atoms with E-state index in [1.165, 1.54) is 25.7 Å². The van der Waals surface area contributed by atoms with Crippen LogP contribution in [0.4, 0.5) is 4.39 Å². The molecule has 2 bridgehead atoms. The third-order valence-corrected chi connectivity index (χ3v) is 4.95. The van der Waals surface area contributed by atoms with Crippen molar-refractivity contribution in [1.82, 2.24) is 5.32 Å². The highest BCUT2D eigenvalue weighted by Gasteiger charge is 2.39. The van der Waals surface area contributed by atoms with E-state index in [0.717, 1.165) is 17.4 Å². The minimum atomic E-state index is -0.323. The van der Waals surface area contributed by atoms with Crippen LogP contribution >= 0.6 is 11.6 Å². The average molecular weight is 268 g/mol. The molecule has 0 heterocycles. The Morgan fingerprint density at radius 1 is 1.33 bits per heavy atom. The molecule has 4 atom stereocenters. The predicted octanol–water partition coefficient (Wildman–Crippen LogP) is 4.32. The van der Waals surface area contributed by atoms with Gasteiger partial charge in [0.1, 0.15) is 5.82 Å². The first-order chi connectivity index (χ1) is 8.63. The second-order valence-electron chi connectivity index (χ2n) is 5.84. The molecule has 0 aromatic heterocycles. The fourth-order valence-electron chi connectivity index (χ4n) is 3.65. The lowest BCUT2D eigenvalue weighted by Gasteiger charge is -2.27. The molecule has 2 aliphatic carbocycles. The van der Waals surface area contributed by atoms with E-state index in [2.05, 4.69) is 12.2 Å². The lowest BCUT2D eigenvalue weighted by atomic mass is 9.94. The maximum absolute atomic E-state index is 13.4. The molecule has 2 aliphatic rings. The van der Waals surface area contributed by atoms with Crippen LogP contribution in [0.15, 0.2) is 18.2 Å². The molecule has 1 aromatic carbocycles. The Morgan fingerprint density at radius 2 is 2.17 bits per heavy atom. The summed E-state index contributed by atoms with van der Waals surface area (Å²) in [6, 6.07) is 5.92. The number of benzene rings is 1. The Hall–Kier alpha value is -0.600. The Kier molecular flexibility index (Phi) is 3.33. The fraction of sp³-hybridized carbons (Fsp3) is 0.600. The third kappa shape index (κ3) is 2.28. The van der Waals surface area contributed by atoms with Crippen LogP contribution < -0.4 is 5.32 Å². The van der Waals surface area contributed by atoms with Gasteiger partial charge < -0.3 is 5.32 Å². The van der Waals surface area contributed by atoms with Crippen LogP contribution in [-0.4, -0.2) is 6.04 Å². The number of hydrogen-bond acceptors (Lipinski definition) is 1. The summed E-state index contributed by atoms with van der Waals surface area (Å²) in [6.07, 6.45) is 5.46. The molecule has 1 aromatic rings. The van der Waals surface area contributed by atoms with Crippen molar-refractivity contribution >= 4 is 11.6 Å². The Labute approximate surface area is 113 Å². The van der Waals surface area contributed by atoms with E-state index >= 15 is 0 Å². The van der Waals surface area contributed by atoms with E-state index in [0.29, 0.717) is 6.04 Å². The Morgan fingerprint density at radius 3 is 2.78 bits per heavy atom. The minimum absolute atomic E-state index is 0.195. The van der Waals surface area contributed by atoms with Gasteiger partial charge in [-0.05, 0) is 55.7 Å². The molecule has 0 radical (unpaired) electrons. The number of hydrogen-bond donors (Lipinski definition) is 1. The van der Waals surface area contributed by atoms with Crippen molar-refractivity contribution in [2.24, 2.45) is 11.8 Å². The van der Waals surface area contributed by atoms with Crippen LogP contribution in [0, 0.1) is 17.7 Å². The summed E-state index contributed by atoms with van der Waals surface area (Å²) in [7, 11) is 0.